The summed E-state index contributed by atoms with van der Waals surface area (Å²) in [5.74, 6) is 0.250. The lowest BCUT2D eigenvalue weighted by molar-refractivity contribution is 0.0952. The number of amides is 1. The van der Waals surface area contributed by atoms with Crippen molar-refractivity contribution in [3.8, 4) is 0 Å². The molecule has 1 N–H and O–H groups in total. The SMILES string of the molecule is CC(C)C(Cl)CNC(=O)c1cc(Br)sc1Br. The second-order valence-electron chi connectivity index (χ2n) is 3.71. The van der Waals surface area contributed by atoms with Crippen molar-refractivity contribution in [2.24, 2.45) is 5.92 Å². The fraction of sp³-hybridized carbons (Fsp3) is 0.500. The third-order valence-electron chi connectivity index (χ3n) is 2.08. The summed E-state index contributed by atoms with van der Waals surface area (Å²) in [5.41, 5.74) is 0.643. The van der Waals surface area contributed by atoms with Crippen LogP contribution < -0.4 is 5.32 Å². The first-order valence-corrected chi connectivity index (χ1v) is 7.62. The van der Waals surface area contributed by atoms with Crippen LogP contribution in [0.15, 0.2) is 13.6 Å². The number of carbonyl (C=O) groups excluding carboxylic acids is 1. The van der Waals surface area contributed by atoms with Gasteiger partial charge in [0.25, 0.3) is 5.91 Å². The zero-order chi connectivity index (χ0) is 12.3. The van der Waals surface area contributed by atoms with E-state index >= 15 is 0 Å². The molecule has 1 amide bonds. The van der Waals surface area contributed by atoms with Gasteiger partial charge >= 0.3 is 0 Å². The first kappa shape index (κ1) is 14.5. The minimum atomic E-state index is -0.0971. The maximum atomic E-state index is 11.8. The Balaban J connectivity index is 2.56. The molecule has 0 aliphatic rings. The molecule has 6 heteroatoms. The molecule has 0 saturated heterocycles. The van der Waals surface area contributed by atoms with Gasteiger partial charge in [-0.15, -0.1) is 22.9 Å². The molecule has 0 radical (unpaired) electrons. The Morgan fingerprint density at radius 3 is 2.62 bits per heavy atom. The van der Waals surface area contributed by atoms with Crippen molar-refractivity contribution in [3.63, 3.8) is 0 Å². The van der Waals surface area contributed by atoms with E-state index in [0.717, 1.165) is 7.57 Å². The van der Waals surface area contributed by atoms with Crippen LogP contribution in [0.2, 0.25) is 0 Å². The van der Waals surface area contributed by atoms with E-state index in [2.05, 4.69) is 37.2 Å². The summed E-state index contributed by atoms with van der Waals surface area (Å²) < 4.78 is 1.75. The van der Waals surface area contributed by atoms with E-state index in [0.29, 0.717) is 18.0 Å². The lowest BCUT2D eigenvalue weighted by Crippen LogP contribution is -2.31. The van der Waals surface area contributed by atoms with Gasteiger partial charge in [0.2, 0.25) is 0 Å². The molecule has 0 spiro atoms. The van der Waals surface area contributed by atoms with Crippen LogP contribution in [0.5, 0.6) is 0 Å². The fourth-order valence-electron chi connectivity index (χ4n) is 1.02. The number of hydrogen-bond donors (Lipinski definition) is 1. The van der Waals surface area contributed by atoms with E-state index in [1.54, 1.807) is 6.07 Å². The molecule has 0 fully saturated rings. The normalized spacial score (nSPS) is 12.9. The Labute approximate surface area is 121 Å². The summed E-state index contributed by atoms with van der Waals surface area (Å²) in [7, 11) is 0. The number of hydrogen-bond acceptors (Lipinski definition) is 2. The minimum Gasteiger partial charge on any atom is -0.350 e. The molecule has 0 aromatic carbocycles. The first-order valence-electron chi connectivity index (χ1n) is 4.79. The third kappa shape index (κ3) is 4.02. The number of carbonyl (C=O) groups is 1. The van der Waals surface area contributed by atoms with Crippen molar-refractivity contribution in [2.45, 2.75) is 19.2 Å². The minimum absolute atomic E-state index is 0.0372. The average molecular weight is 390 g/mol. The van der Waals surface area contributed by atoms with Gasteiger partial charge in [-0.1, -0.05) is 13.8 Å². The lowest BCUT2D eigenvalue weighted by atomic mass is 10.1. The first-order chi connectivity index (χ1) is 7.41. The number of halogens is 3. The highest BCUT2D eigenvalue weighted by Gasteiger charge is 2.16. The summed E-state index contributed by atoms with van der Waals surface area (Å²) in [6.07, 6.45) is 0. The predicted molar refractivity (Wildman–Crippen MR) is 76.5 cm³/mol. The van der Waals surface area contributed by atoms with Gasteiger partial charge in [-0.2, -0.15) is 0 Å². The molecule has 90 valence electrons. The molecular formula is C10H12Br2ClNOS. The van der Waals surface area contributed by atoms with E-state index in [1.807, 2.05) is 13.8 Å². The Bertz CT molecular complexity index is 381. The molecule has 1 rings (SSSR count). The van der Waals surface area contributed by atoms with Crippen LogP contribution in [0, 0.1) is 5.92 Å². The maximum absolute atomic E-state index is 11.8. The van der Waals surface area contributed by atoms with Gasteiger partial charge in [0.05, 0.1) is 18.5 Å². The molecule has 2 nitrogen and oxygen atoms in total. The molecule has 1 heterocycles. The van der Waals surface area contributed by atoms with Gasteiger partial charge in [0, 0.05) is 6.54 Å². The molecule has 1 aromatic heterocycles. The van der Waals surface area contributed by atoms with Gasteiger partial charge in [-0.25, -0.2) is 0 Å². The Kier molecular flexibility index (Phi) is 5.77. The highest BCUT2D eigenvalue weighted by molar-refractivity contribution is 9.12. The number of rotatable bonds is 4. The van der Waals surface area contributed by atoms with E-state index in [9.17, 15) is 4.79 Å². The largest absolute Gasteiger partial charge is 0.350 e. The summed E-state index contributed by atoms with van der Waals surface area (Å²) in [5, 5.41) is 2.78. The molecule has 1 unspecified atom stereocenters. The Hall–Kier alpha value is 0.420. The highest BCUT2D eigenvalue weighted by atomic mass is 79.9. The van der Waals surface area contributed by atoms with Crippen LogP contribution in [-0.4, -0.2) is 17.8 Å². The maximum Gasteiger partial charge on any atom is 0.253 e. The van der Waals surface area contributed by atoms with Crippen LogP contribution in [0.25, 0.3) is 0 Å². The Morgan fingerprint density at radius 2 is 2.19 bits per heavy atom. The summed E-state index contributed by atoms with van der Waals surface area (Å²) >= 11 is 14.2. The van der Waals surface area contributed by atoms with Gasteiger partial charge in [-0.3, -0.25) is 4.79 Å². The van der Waals surface area contributed by atoms with Crippen LogP contribution in [0.4, 0.5) is 0 Å². The quantitative estimate of drug-likeness (QED) is 0.766. The van der Waals surface area contributed by atoms with Gasteiger partial charge in [0.1, 0.15) is 0 Å². The molecule has 0 aliphatic carbocycles. The lowest BCUT2D eigenvalue weighted by Gasteiger charge is -2.13. The predicted octanol–water partition coefficient (Wildman–Crippen LogP) is 4.27. The van der Waals surface area contributed by atoms with E-state index in [4.69, 9.17) is 11.6 Å². The van der Waals surface area contributed by atoms with Crippen molar-refractivity contribution >= 4 is 60.7 Å². The summed E-state index contributed by atoms with van der Waals surface area (Å²) in [6, 6.07) is 1.79. The van der Waals surface area contributed by atoms with Crippen molar-refractivity contribution in [3.05, 3.63) is 19.2 Å². The standard InChI is InChI=1S/C10H12Br2ClNOS/c1-5(2)7(13)4-14-10(15)6-3-8(11)16-9(6)12/h3,5,7H,4H2,1-2H3,(H,14,15). The van der Waals surface area contributed by atoms with Crippen LogP contribution in [0.1, 0.15) is 24.2 Å². The molecule has 0 bridgehead atoms. The van der Waals surface area contributed by atoms with Crippen molar-refractivity contribution in [2.75, 3.05) is 6.54 Å². The Morgan fingerprint density at radius 1 is 1.56 bits per heavy atom. The number of nitrogens with one attached hydrogen (secondary N) is 1. The van der Waals surface area contributed by atoms with E-state index in [-0.39, 0.29) is 11.3 Å². The molecular weight excluding hydrogens is 377 g/mol. The van der Waals surface area contributed by atoms with Crippen molar-refractivity contribution in [1.29, 1.82) is 0 Å². The van der Waals surface area contributed by atoms with Gasteiger partial charge < -0.3 is 5.32 Å². The van der Waals surface area contributed by atoms with Gasteiger partial charge in [0.15, 0.2) is 0 Å². The molecule has 1 aromatic rings. The molecule has 0 aliphatic heterocycles. The van der Waals surface area contributed by atoms with Crippen LogP contribution in [0.3, 0.4) is 0 Å². The fourth-order valence-corrected chi connectivity index (χ4v) is 3.89. The summed E-state index contributed by atoms with van der Waals surface area (Å²) in [4.78, 5) is 11.8. The van der Waals surface area contributed by atoms with Crippen LogP contribution in [-0.2, 0) is 0 Å². The molecule has 0 saturated carbocycles. The highest BCUT2D eigenvalue weighted by Crippen LogP contribution is 2.31. The van der Waals surface area contributed by atoms with E-state index < -0.39 is 0 Å². The summed E-state index contributed by atoms with van der Waals surface area (Å²) in [6.45, 7) is 4.54. The second-order valence-corrected chi connectivity index (χ2v) is 8.02. The zero-order valence-corrected chi connectivity index (χ0v) is 13.6. The topological polar surface area (TPSA) is 29.1 Å². The number of alkyl halides is 1. The van der Waals surface area contributed by atoms with Crippen molar-refractivity contribution < 1.29 is 4.79 Å². The second kappa shape index (κ2) is 6.38. The van der Waals surface area contributed by atoms with Gasteiger partial charge in [-0.05, 0) is 43.8 Å². The smallest absolute Gasteiger partial charge is 0.253 e. The number of thiophene rings is 1. The zero-order valence-electron chi connectivity index (χ0n) is 8.89. The average Bonchev–Trinajstić information content (AvgIpc) is 2.53. The monoisotopic (exact) mass is 387 g/mol. The third-order valence-corrected chi connectivity index (χ3v) is 5.08. The van der Waals surface area contributed by atoms with Crippen LogP contribution >= 0.6 is 54.8 Å². The molecule has 16 heavy (non-hydrogen) atoms. The molecule has 1 atom stereocenters. The van der Waals surface area contributed by atoms with E-state index in [1.165, 1.54) is 11.3 Å². The van der Waals surface area contributed by atoms with Crippen molar-refractivity contribution in [1.82, 2.24) is 5.32 Å².